The fourth-order valence-corrected chi connectivity index (χ4v) is 1.51. The van der Waals surface area contributed by atoms with Gasteiger partial charge in [-0.05, 0) is 25.1 Å². The number of ketones is 1. The van der Waals surface area contributed by atoms with Crippen LogP contribution in [0.25, 0.3) is 0 Å². The van der Waals surface area contributed by atoms with Crippen molar-refractivity contribution in [2.75, 3.05) is 7.11 Å². The highest BCUT2D eigenvalue weighted by molar-refractivity contribution is 6.32. The van der Waals surface area contributed by atoms with Crippen molar-refractivity contribution in [2.24, 2.45) is 5.73 Å². The predicted octanol–water partition coefficient (Wildman–Crippen LogP) is 2.27. The molecule has 0 heterocycles. The van der Waals surface area contributed by atoms with Gasteiger partial charge >= 0.3 is 0 Å². The molecule has 1 atom stereocenters. The largest absolute Gasteiger partial charge is 0.495 e. The number of hydrogen-bond acceptors (Lipinski definition) is 3. The van der Waals surface area contributed by atoms with Crippen molar-refractivity contribution in [1.29, 1.82) is 0 Å². The van der Waals surface area contributed by atoms with Crippen LogP contribution < -0.4 is 10.5 Å². The highest BCUT2D eigenvalue weighted by Crippen LogP contribution is 2.25. The fourth-order valence-electron chi connectivity index (χ4n) is 1.25. The molecule has 1 aromatic rings. The van der Waals surface area contributed by atoms with E-state index in [4.69, 9.17) is 22.1 Å². The van der Waals surface area contributed by atoms with Gasteiger partial charge in [0.15, 0.2) is 5.78 Å². The molecule has 0 aliphatic carbocycles. The van der Waals surface area contributed by atoms with Gasteiger partial charge in [0.25, 0.3) is 0 Å². The predicted molar refractivity (Wildman–Crippen MR) is 60.6 cm³/mol. The molecule has 82 valence electrons. The Labute approximate surface area is 94.2 Å². The summed E-state index contributed by atoms with van der Waals surface area (Å²) in [5, 5.41) is 0.438. The number of ether oxygens (including phenoxy) is 1. The van der Waals surface area contributed by atoms with Crippen molar-refractivity contribution >= 4 is 17.4 Å². The summed E-state index contributed by atoms with van der Waals surface area (Å²) in [5.41, 5.74) is 6.11. The molecule has 1 unspecified atom stereocenters. The lowest BCUT2D eigenvalue weighted by Gasteiger charge is -2.07. The number of Topliss-reactive ketones (excluding diaryl/α,β-unsaturated/α-hetero) is 1. The second-order valence-corrected chi connectivity index (χ2v) is 3.86. The standard InChI is InChI=1S/C11H14ClNO2/c1-7(13)5-10(14)8-3-4-11(15-2)9(12)6-8/h3-4,6-7H,5,13H2,1-2H3. The van der Waals surface area contributed by atoms with Crippen LogP contribution in [-0.4, -0.2) is 18.9 Å². The number of methoxy groups -OCH3 is 1. The molecule has 0 saturated carbocycles. The number of carbonyl (C=O) groups excluding carboxylic acids is 1. The summed E-state index contributed by atoms with van der Waals surface area (Å²) >= 11 is 5.90. The van der Waals surface area contributed by atoms with Crippen LogP contribution in [0.4, 0.5) is 0 Å². The molecule has 15 heavy (non-hydrogen) atoms. The number of hydrogen-bond donors (Lipinski definition) is 1. The Morgan fingerprint density at radius 3 is 2.73 bits per heavy atom. The molecule has 0 radical (unpaired) electrons. The van der Waals surface area contributed by atoms with E-state index in [1.54, 1.807) is 25.1 Å². The number of carbonyl (C=O) groups is 1. The second kappa shape index (κ2) is 5.14. The molecule has 0 aromatic heterocycles. The third kappa shape index (κ3) is 3.22. The van der Waals surface area contributed by atoms with E-state index < -0.39 is 0 Å². The molecular formula is C11H14ClNO2. The highest BCUT2D eigenvalue weighted by Gasteiger charge is 2.10. The minimum atomic E-state index is -0.140. The monoisotopic (exact) mass is 227 g/mol. The Bertz CT molecular complexity index is 364. The average Bonchev–Trinajstić information content (AvgIpc) is 2.16. The van der Waals surface area contributed by atoms with E-state index in [1.165, 1.54) is 7.11 Å². The molecule has 0 aliphatic heterocycles. The summed E-state index contributed by atoms with van der Waals surface area (Å²) in [6, 6.07) is 4.83. The van der Waals surface area contributed by atoms with Crippen LogP contribution in [0.5, 0.6) is 5.75 Å². The molecule has 0 aliphatic rings. The number of nitrogens with two attached hydrogens (primary N) is 1. The second-order valence-electron chi connectivity index (χ2n) is 3.45. The smallest absolute Gasteiger partial charge is 0.164 e. The van der Waals surface area contributed by atoms with Crippen molar-refractivity contribution in [3.8, 4) is 5.75 Å². The van der Waals surface area contributed by atoms with Crippen LogP contribution in [0, 0.1) is 0 Å². The van der Waals surface area contributed by atoms with Gasteiger partial charge in [0.05, 0.1) is 12.1 Å². The Kier molecular flexibility index (Phi) is 4.12. The van der Waals surface area contributed by atoms with Crippen LogP contribution >= 0.6 is 11.6 Å². The Hall–Kier alpha value is -1.06. The lowest BCUT2D eigenvalue weighted by Crippen LogP contribution is -2.19. The molecule has 0 saturated heterocycles. The summed E-state index contributed by atoms with van der Waals surface area (Å²) in [7, 11) is 1.53. The molecule has 3 nitrogen and oxygen atoms in total. The Morgan fingerprint density at radius 1 is 1.60 bits per heavy atom. The van der Waals surface area contributed by atoms with Gasteiger partial charge in [-0.25, -0.2) is 0 Å². The Morgan fingerprint density at radius 2 is 2.27 bits per heavy atom. The van der Waals surface area contributed by atoms with Crippen LogP contribution in [0.15, 0.2) is 18.2 Å². The van der Waals surface area contributed by atoms with Gasteiger partial charge in [-0.3, -0.25) is 4.79 Å². The molecule has 0 amide bonds. The molecule has 0 spiro atoms. The van der Waals surface area contributed by atoms with Gasteiger partial charge in [0, 0.05) is 18.0 Å². The van der Waals surface area contributed by atoms with Gasteiger partial charge < -0.3 is 10.5 Å². The summed E-state index contributed by atoms with van der Waals surface area (Å²) in [4.78, 5) is 11.6. The van der Waals surface area contributed by atoms with Crippen molar-refractivity contribution in [1.82, 2.24) is 0 Å². The maximum absolute atomic E-state index is 11.6. The van der Waals surface area contributed by atoms with E-state index in [-0.39, 0.29) is 11.8 Å². The van der Waals surface area contributed by atoms with Gasteiger partial charge in [-0.2, -0.15) is 0 Å². The first kappa shape index (κ1) is 12.0. The zero-order valence-electron chi connectivity index (χ0n) is 8.79. The van der Waals surface area contributed by atoms with E-state index in [9.17, 15) is 4.79 Å². The van der Waals surface area contributed by atoms with Crippen LogP contribution in [-0.2, 0) is 0 Å². The molecule has 4 heteroatoms. The SMILES string of the molecule is COc1ccc(C(=O)CC(C)N)cc1Cl. The zero-order chi connectivity index (χ0) is 11.4. The minimum absolute atomic E-state index is 0.00504. The van der Waals surface area contributed by atoms with Gasteiger partial charge in [-0.1, -0.05) is 11.6 Å². The third-order valence-electron chi connectivity index (χ3n) is 1.98. The molecule has 1 aromatic carbocycles. The molecule has 2 N–H and O–H groups in total. The van der Waals surface area contributed by atoms with E-state index in [2.05, 4.69) is 0 Å². The Balaban J connectivity index is 2.87. The van der Waals surface area contributed by atoms with Crippen LogP contribution in [0.3, 0.4) is 0 Å². The lowest BCUT2D eigenvalue weighted by molar-refractivity contribution is 0.0976. The maximum Gasteiger partial charge on any atom is 0.164 e. The van der Waals surface area contributed by atoms with Crippen LogP contribution in [0.1, 0.15) is 23.7 Å². The normalized spacial score (nSPS) is 12.3. The van der Waals surface area contributed by atoms with E-state index in [0.717, 1.165) is 0 Å². The quantitative estimate of drug-likeness (QED) is 0.803. The highest BCUT2D eigenvalue weighted by atomic mass is 35.5. The summed E-state index contributed by atoms with van der Waals surface area (Å²) in [5.74, 6) is 0.559. The number of benzene rings is 1. The first-order chi connectivity index (χ1) is 7.04. The van der Waals surface area contributed by atoms with E-state index >= 15 is 0 Å². The van der Waals surface area contributed by atoms with Gasteiger partial charge in [0.2, 0.25) is 0 Å². The van der Waals surface area contributed by atoms with E-state index in [0.29, 0.717) is 22.8 Å². The average molecular weight is 228 g/mol. The first-order valence-corrected chi connectivity index (χ1v) is 5.04. The van der Waals surface area contributed by atoms with Crippen LogP contribution in [0.2, 0.25) is 5.02 Å². The summed E-state index contributed by atoms with van der Waals surface area (Å²) in [6.07, 6.45) is 0.322. The van der Waals surface area contributed by atoms with Gasteiger partial charge in [0.1, 0.15) is 5.75 Å². The third-order valence-corrected chi connectivity index (χ3v) is 2.28. The molecular weight excluding hydrogens is 214 g/mol. The summed E-state index contributed by atoms with van der Waals surface area (Å²) in [6.45, 7) is 1.79. The molecule has 0 bridgehead atoms. The van der Waals surface area contributed by atoms with Crippen molar-refractivity contribution in [3.63, 3.8) is 0 Å². The number of halogens is 1. The minimum Gasteiger partial charge on any atom is -0.495 e. The summed E-state index contributed by atoms with van der Waals surface area (Å²) < 4.78 is 4.99. The number of rotatable bonds is 4. The topological polar surface area (TPSA) is 52.3 Å². The zero-order valence-corrected chi connectivity index (χ0v) is 9.54. The van der Waals surface area contributed by atoms with Gasteiger partial charge in [-0.15, -0.1) is 0 Å². The van der Waals surface area contributed by atoms with Crippen molar-refractivity contribution < 1.29 is 9.53 Å². The lowest BCUT2D eigenvalue weighted by atomic mass is 10.1. The fraction of sp³-hybridized carbons (Fsp3) is 0.364. The maximum atomic E-state index is 11.6. The first-order valence-electron chi connectivity index (χ1n) is 4.67. The van der Waals surface area contributed by atoms with Crippen molar-refractivity contribution in [2.45, 2.75) is 19.4 Å². The van der Waals surface area contributed by atoms with E-state index in [1.807, 2.05) is 0 Å². The van der Waals surface area contributed by atoms with Crippen molar-refractivity contribution in [3.05, 3.63) is 28.8 Å². The molecule has 1 rings (SSSR count). The molecule has 0 fully saturated rings.